The first kappa shape index (κ1) is 13.0. The van der Waals surface area contributed by atoms with E-state index < -0.39 is 26.7 Å². The van der Waals surface area contributed by atoms with Crippen LogP contribution in [0.4, 0.5) is 17.6 Å². The van der Waals surface area contributed by atoms with Gasteiger partial charge in [-0.05, 0) is 33.9 Å². The molecule has 2 N–H and O–H groups in total. The minimum Gasteiger partial charge on any atom is -0.326 e. The largest absolute Gasteiger partial charge is 0.326 e. The zero-order chi connectivity index (χ0) is 12.1. The summed E-state index contributed by atoms with van der Waals surface area (Å²) in [5.41, 5.74) is 5.35. The zero-order valence-electron chi connectivity index (χ0n) is 8.62. The first-order valence-corrected chi connectivity index (χ1v) is 4.75. The molecule has 0 saturated carbocycles. The zero-order valence-corrected chi connectivity index (χ0v) is 8.62. The van der Waals surface area contributed by atoms with Crippen LogP contribution < -0.4 is 5.73 Å². The van der Waals surface area contributed by atoms with E-state index >= 15 is 0 Å². The molecule has 0 aromatic heterocycles. The lowest BCUT2D eigenvalue weighted by Crippen LogP contribution is -2.10. The van der Waals surface area contributed by atoms with Gasteiger partial charge in [0.15, 0.2) is 0 Å². The molecule has 0 atom stereocenters. The molecule has 1 aromatic carbocycles. The fourth-order valence-electron chi connectivity index (χ4n) is 1.68. The van der Waals surface area contributed by atoms with Gasteiger partial charge in [-0.3, -0.25) is 0 Å². The lowest BCUT2D eigenvalue weighted by atomic mass is 9.93. The van der Waals surface area contributed by atoms with Crippen molar-refractivity contribution >= 4 is 0 Å². The highest BCUT2D eigenvalue weighted by molar-refractivity contribution is 5.44. The lowest BCUT2D eigenvalue weighted by molar-refractivity contribution is 0.433. The molecular formula is C11H12F4N. The standard InChI is InChI=1S/C11H12F4N/c12-2-7-1-8(3-13)10(5-15)11(6-16)9(7)4-14/h2-6,16H2. The quantitative estimate of drug-likeness (QED) is 0.779. The molecule has 0 spiro atoms. The van der Waals surface area contributed by atoms with E-state index in [4.69, 9.17) is 5.73 Å². The van der Waals surface area contributed by atoms with Crippen LogP contribution >= 0.6 is 0 Å². The highest BCUT2D eigenvalue weighted by atomic mass is 19.1. The minimum atomic E-state index is -0.966. The first-order valence-electron chi connectivity index (χ1n) is 4.75. The second-order valence-electron chi connectivity index (χ2n) is 3.26. The Bertz CT molecular complexity index is 335. The average molecular weight is 234 g/mol. The Kier molecular flexibility index (Phi) is 4.73. The van der Waals surface area contributed by atoms with Crippen LogP contribution in [0.5, 0.6) is 0 Å². The van der Waals surface area contributed by atoms with Crippen molar-refractivity contribution in [2.24, 2.45) is 5.73 Å². The van der Waals surface area contributed by atoms with Crippen LogP contribution in [0.1, 0.15) is 27.8 Å². The van der Waals surface area contributed by atoms with Gasteiger partial charge in [-0.2, -0.15) is 0 Å². The Morgan fingerprint density at radius 2 is 1.19 bits per heavy atom. The van der Waals surface area contributed by atoms with Crippen molar-refractivity contribution in [2.75, 3.05) is 0 Å². The molecule has 16 heavy (non-hydrogen) atoms. The molecule has 0 aliphatic rings. The Labute approximate surface area is 91.3 Å². The molecule has 1 rings (SSSR count). The Morgan fingerprint density at radius 1 is 0.750 bits per heavy atom. The van der Waals surface area contributed by atoms with Gasteiger partial charge in [0.2, 0.25) is 0 Å². The summed E-state index contributed by atoms with van der Waals surface area (Å²) >= 11 is 0. The molecule has 1 aromatic rings. The molecule has 0 unspecified atom stereocenters. The number of rotatable bonds is 5. The van der Waals surface area contributed by atoms with Crippen LogP contribution in [0.2, 0.25) is 0 Å². The number of halogens is 4. The van der Waals surface area contributed by atoms with E-state index in [1.54, 1.807) is 0 Å². The molecule has 0 saturated heterocycles. The minimum absolute atomic E-state index is 0.00477. The van der Waals surface area contributed by atoms with Crippen LogP contribution in [0.15, 0.2) is 0 Å². The second kappa shape index (κ2) is 5.84. The fourth-order valence-corrected chi connectivity index (χ4v) is 1.68. The number of benzene rings is 1. The monoisotopic (exact) mass is 234 g/mol. The maximum absolute atomic E-state index is 12.7. The summed E-state index contributed by atoms with van der Waals surface area (Å²) in [6.45, 7) is -3.99. The maximum Gasteiger partial charge on any atom is 0.115 e. The molecule has 0 bridgehead atoms. The molecule has 0 aliphatic heterocycles. The van der Waals surface area contributed by atoms with Gasteiger partial charge in [0.1, 0.15) is 26.7 Å². The van der Waals surface area contributed by atoms with Crippen LogP contribution in [0.3, 0.4) is 0 Å². The molecule has 0 heterocycles. The van der Waals surface area contributed by atoms with Crippen LogP contribution in [0.25, 0.3) is 0 Å². The van der Waals surface area contributed by atoms with Crippen molar-refractivity contribution in [3.63, 3.8) is 0 Å². The molecule has 0 amide bonds. The summed E-state index contributed by atoms with van der Waals surface area (Å²) < 4.78 is 50.6. The molecule has 1 radical (unpaired) electrons. The highest BCUT2D eigenvalue weighted by Gasteiger charge is 2.17. The number of nitrogens with two attached hydrogens (primary N) is 1. The van der Waals surface area contributed by atoms with Crippen molar-refractivity contribution in [3.8, 4) is 0 Å². The Balaban J connectivity index is 3.47. The fraction of sp³-hybridized carbons (Fsp3) is 0.455. The highest BCUT2D eigenvalue weighted by Crippen LogP contribution is 2.26. The third-order valence-electron chi connectivity index (χ3n) is 2.50. The van der Waals surface area contributed by atoms with E-state index in [2.05, 4.69) is 6.07 Å². The number of hydrogen-bond donors (Lipinski definition) is 1. The molecule has 0 fully saturated rings. The predicted molar refractivity (Wildman–Crippen MR) is 52.4 cm³/mol. The van der Waals surface area contributed by atoms with Crippen molar-refractivity contribution < 1.29 is 17.6 Å². The smallest absolute Gasteiger partial charge is 0.115 e. The van der Waals surface area contributed by atoms with Crippen LogP contribution in [-0.2, 0) is 33.2 Å². The van der Waals surface area contributed by atoms with Gasteiger partial charge in [-0.15, -0.1) is 0 Å². The topological polar surface area (TPSA) is 26.0 Å². The summed E-state index contributed by atoms with van der Waals surface area (Å²) in [6, 6.07) is 2.37. The summed E-state index contributed by atoms with van der Waals surface area (Å²) in [7, 11) is 0. The van der Waals surface area contributed by atoms with E-state index in [1.165, 1.54) is 0 Å². The first-order chi connectivity index (χ1) is 7.73. The van der Waals surface area contributed by atoms with Crippen molar-refractivity contribution in [2.45, 2.75) is 33.2 Å². The third-order valence-corrected chi connectivity index (χ3v) is 2.50. The molecule has 0 aliphatic carbocycles. The van der Waals surface area contributed by atoms with Gasteiger partial charge < -0.3 is 5.73 Å². The average Bonchev–Trinajstić information content (AvgIpc) is 2.35. The van der Waals surface area contributed by atoms with Crippen molar-refractivity contribution in [1.82, 2.24) is 0 Å². The van der Waals surface area contributed by atoms with Crippen molar-refractivity contribution in [1.29, 1.82) is 0 Å². The molecular weight excluding hydrogens is 222 g/mol. The lowest BCUT2D eigenvalue weighted by Gasteiger charge is -2.15. The number of hydrogen-bond acceptors (Lipinski definition) is 1. The Morgan fingerprint density at radius 3 is 1.44 bits per heavy atom. The van der Waals surface area contributed by atoms with Gasteiger partial charge in [-0.25, -0.2) is 17.6 Å². The Hall–Kier alpha value is -1.10. The SMILES string of the molecule is NCc1c(CF)c(CF)[c]c(CF)c1CF. The summed E-state index contributed by atoms with van der Waals surface area (Å²) in [5, 5.41) is 0. The van der Waals surface area contributed by atoms with Gasteiger partial charge >= 0.3 is 0 Å². The van der Waals surface area contributed by atoms with E-state index in [1.807, 2.05) is 0 Å². The van der Waals surface area contributed by atoms with Gasteiger partial charge in [0.05, 0.1) is 0 Å². The van der Waals surface area contributed by atoms with Gasteiger partial charge in [0.25, 0.3) is 0 Å². The van der Waals surface area contributed by atoms with Crippen LogP contribution in [-0.4, -0.2) is 0 Å². The van der Waals surface area contributed by atoms with Gasteiger partial charge in [-0.1, -0.05) is 0 Å². The molecule has 89 valence electrons. The maximum atomic E-state index is 12.7. The van der Waals surface area contributed by atoms with E-state index in [0.29, 0.717) is 0 Å². The van der Waals surface area contributed by atoms with Crippen LogP contribution in [0, 0.1) is 6.07 Å². The molecule has 1 nitrogen and oxygen atoms in total. The number of alkyl halides is 4. The third kappa shape index (κ3) is 2.19. The second-order valence-corrected chi connectivity index (χ2v) is 3.26. The molecule has 5 heteroatoms. The normalized spacial score (nSPS) is 10.8. The van der Waals surface area contributed by atoms with E-state index in [9.17, 15) is 17.6 Å². The predicted octanol–water partition coefficient (Wildman–Crippen LogP) is 2.82. The van der Waals surface area contributed by atoms with E-state index in [0.717, 1.165) is 0 Å². The van der Waals surface area contributed by atoms with Crippen molar-refractivity contribution in [3.05, 3.63) is 33.9 Å². The summed E-state index contributed by atoms with van der Waals surface area (Å²) in [4.78, 5) is 0. The van der Waals surface area contributed by atoms with E-state index in [-0.39, 0.29) is 34.4 Å². The summed E-state index contributed by atoms with van der Waals surface area (Å²) in [5.74, 6) is 0. The summed E-state index contributed by atoms with van der Waals surface area (Å²) in [6.07, 6.45) is 0. The van der Waals surface area contributed by atoms with Gasteiger partial charge in [0, 0.05) is 6.54 Å².